The monoisotopic (exact) mass is 627 g/mol. The number of nitriles is 2. The predicted octanol–water partition coefficient (Wildman–Crippen LogP) is 7.57. The Morgan fingerprint density at radius 2 is 0.875 bits per heavy atom. The number of rotatable bonds is 6. The van der Waals surface area contributed by atoms with Crippen LogP contribution in [0.2, 0.25) is 0 Å². The number of fused-ring (bicyclic) bond motifs is 3. The third-order valence-corrected chi connectivity index (χ3v) is 14.2. The second kappa shape index (κ2) is 12.0. The van der Waals surface area contributed by atoms with Gasteiger partial charge in [-0.15, -0.1) is 0 Å². The normalized spacial score (nSPS) is 11.3. The van der Waals surface area contributed by atoms with Crippen LogP contribution in [0.25, 0.3) is 38.6 Å². The quantitative estimate of drug-likeness (QED) is 0.141. The molecular formula is C44H29N3Si-. The van der Waals surface area contributed by atoms with Crippen molar-refractivity contribution in [2.45, 2.75) is 0 Å². The molecule has 0 aliphatic heterocycles. The minimum Gasteiger partial charge on any atom is -0.309 e. The maximum atomic E-state index is 10.8. The summed E-state index contributed by atoms with van der Waals surface area (Å²) in [4.78, 5) is 0. The summed E-state index contributed by atoms with van der Waals surface area (Å²) in [5.41, 5.74) is 5.69. The molecule has 0 saturated heterocycles. The van der Waals surface area contributed by atoms with Crippen LogP contribution < -0.4 is 20.7 Å². The van der Waals surface area contributed by atoms with Crippen molar-refractivity contribution in [3.8, 4) is 29.0 Å². The average molecular weight is 628 g/mol. The zero-order chi connectivity index (χ0) is 32.5. The van der Waals surface area contributed by atoms with Crippen molar-refractivity contribution < 1.29 is 0 Å². The van der Waals surface area contributed by atoms with E-state index in [2.05, 4.69) is 180 Å². The van der Waals surface area contributed by atoms with Crippen molar-refractivity contribution in [1.29, 1.82) is 10.5 Å². The van der Waals surface area contributed by atoms with Gasteiger partial charge in [0, 0.05) is 27.6 Å². The average Bonchev–Trinajstić information content (AvgIpc) is 3.50. The zero-order valence-electron chi connectivity index (χ0n) is 26.1. The van der Waals surface area contributed by atoms with Gasteiger partial charge in [-0.25, -0.2) is 0 Å². The van der Waals surface area contributed by atoms with Gasteiger partial charge in [-0.05, 0) is 38.4 Å². The van der Waals surface area contributed by atoms with Crippen molar-refractivity contribution in [3.63, 3.8) is 0 Å². The minimum atomic E-state index is -2.83. The summed E-state index contributed by atoms with van der Waals surface area (Å²) in [7, 11) is -2.83. The van der Waals surface area contributed by atoms with Crippen LogP contribution >= 0.6 is 0 Å². The van der Waals surface area contributed by atoms with Crippen molar-refractivity contribution >= 4 is 50.6 Å². The van der Waals surface area contributed by atoms with Gasteiger partial charge in [-0.2, -0.15) is 31.3 Å². The fraction of sp³-hybridized carbons (Fsp3) is 0. The van der Waals surface area contributed by atoms with Crippen LogP contribution in [0.3, 0.4) is 0 Å². The first-order valence-electron chi connectivity index (χ1n) is 16.0. The summed E-state index contributed by atoms with van der Waals surface area (Å²) in [6, 6.07) is 66.0. The van der Waals surface area contributed by atoms with Crippen LogP contribution in [0.4, 0.5) is 0 Å². The Kier molecular flexibility index (Phi) is 7.27. The lowest BCUT2D eigenvalue weighted by atomic mass is 9.95. The third-order valence-electron chi connectivity index (χ3n) is 9.45. The van der Waals surface area contributed by atoms with Crippen molar-refractivity contribution in [2.75, 3.05) is 0 Å². The maximum Gasteiger partial charge on any atom is 0.0998 e. The van der Waals surface area contributed by atoms with Gasteiger partial charge in [0.1, 0.15) is 0 Å². The Bertz CT molecular complexity index is 2370. The smallest absolute Gasteiger partial charge is 0.0998 e. The van der Waals surface area contributed by atoms with Gasteiger partial charge in [0.15, 0.2) is 0 Å². The molecule has 3 nitrogen and oxygen atoms in total. The van der Waals surface area contributed by atoms with E-state index in [-0.39, 0.29) is 0 Å². The molecule has 0 N–H and O–H groups in total. The van der Waals surface area contributed by atoms with Crippen LogP contribution in [0, 0.1) is 22.7 Å². The first kappa shape index (κ1) is 29.0. The summed E-state index contributed by atoms with van der Waals surface area (Å²) >= 11 is 0. The summed E-state index contributed by atoms with van der Waals surface area (Å²) in [5.74, 6) is 0. The lowest BCUT2D eigenvalue weighted by Crippen LogP contribution is -2.74. The molecule has 1 aromatic heterocycles. The second-order valence-corrected chi connectivity index (χ2v) is 15.7. The van der Waals surface area contributed by atoms with Gasteiger partial charge in [0.25, 0.3) is 0 Å². The lowest BCUT2D eigenvalue weighted by Gasteiger charge is -2.47. The fourth-order valence-corrected chi connectivity index (χ4v) is 12.1. The molecule has 225 valence electrons. The molecule has 0 atom stereocenters. The van der Waals surface area contributed by atoms with E-state index in [1.54, 1.807) is 0 Å². The Morgan fingerprint density at radius 1 is 0.396 bits per heavy atom. The SMILES string of the molecule is N#Cc1cc([Si-](c2ccccc2)(c2ccccc2)c2ccccc2)ccc1-c1cc(-n2c3ccccc3c3ccccc32)ccc1C#N. The molecule has 8 aromatic rings. The molecule has 0 aliphatic rings. The number of hydrogen-bond donors (Lipinski definition) is 0. The lowest BCUT2D eigenvalue weighted by molar-refractivity contribution is 1.18. The number of para-hydroxylation sites is 2. The molecule has 0 amide bonds. The number of benzene rings is 7. The van der Waals surface area contributed by atoms with Gasteiger partial charge in [-0.1, -0.05) is 146 Å². The molecule has 48 heavy (non-hydrogen) atoms. The van der Waals surface area contributed by atoms with Crippen LogP contribution in [-0.2, 0) is 0 Å². The number of hydrogen-bond acceptors (Lipinski definition) is 2. The molecule has 1 heterocycles. The standard InChI is InChI=1S/C44H29N3Si/c45-30-32-24-25-34(47-43-22-12-10-20-40(43)41-21-11-13-23-44(41)47)29-42(32)39-27-26-38(28-33(39)31-46)48(35-14-4-1-5-15-35,36-16-6-2-7-17-36)37-18-8-3-9-19-37/h1-29H/q-1. The van der Waals surface area contributed by atoms with Gasteiger partial charge < -0.3 is 4.57 Å². The van der Waals surface area contributed by atoms with E-state index in [1.165, 1.54) is 26.3 Å². The van der Waals surface area contributed by atoms with E-state index in [4.69, 9.17) is 0 Å². The van der Waals surface area contributed by atoms with E-state index in [1.807, 2.05) is 12.1 Å². The topological polar surface area (TPSA) is 52.5 Å². The molecule has 4 heteroatoms. The van der Waals surface area contributed by atoms with Crippen LogP contribution in [0.15, 0.2) is 176 Å². The van der Waals surface area contributed by atoms with Crippen LogP contribution in [0.5, 0.6) is 0 Å². The Balaban J connectivity index is 1.37. The Labute approximate surface area is 280 Å². The molecule has 0 aliphatic carbocycles. The molecule has 0 saturated carbocycles. The minimum absolute atomic E-state index is 0.529. The van der Waals surface area contributed by atoms with Gasteiger partial charge in [-0.3, -0.25) is 0 Å². The number of aromatic nitrogens is 1. The molecular weight excluding hydrogens is 599 g/mol. The second-order valence-electron chi connectivity index (χ2n) is 11.9. The number of nitrogens with zero attached hydrogens (tertiary/aromatic N) is 3. The molecule has 8 rings (SSSR count). The highest BCUT2D eigenvalue weighted by atomic mass is 28.3. The summed E-state index contributed by atoms with van der Waals surface area (Å²) in [6.45, 7) is 0. The van der Waals surface area contributed by atoms with Gasteiger partial charge in [0.05, 0.1) is 34.3 Å². The van der Waals surface area contributed by atoms with E-state index in [9.17, 15) is 10.5 Å². The molecule has 0 radical (unpaired) electrons. The van der Waals surface area contributed by atoms with Crippen molar-refractivity contribution in [2.24, 2.45) is 0 Å². The Hall–Kier alpha value is -6.46. The van der Waals surface area contributed by atoms with E-state index in [0.29, 0.717) is 11.1 Å². The zero-order valence-corrected chi connectivity index (χ0v) is 27.1. The van der Waals surface area contributed by atoms with Gasteiger partial charge >= 0.3 is 0 Å². The highest BCUT2D eigenvalue weighted by Gasteiger charge is 2.29. The maximum absolute atomic E-state index is 10.8. The molecule has 7 aromatic carbocycles. The van der Waals surface area contributed by atoms with Crippen LogP contribution in [-0.4, -0.2) is 12.6 Å². The highest BCUT2D eigenvalue weighted by Crippen LogP contribution is 2.35. The van der Waals surface area contributed by atoms with Crippen molar-refractivity contribution in [1.82, 2.24) is 4.57 Å². The fourth-order valence-electron chi connectivity index (χ4n) is 7.36. The molecule has 0 spiro atoms. The van der Waals surface area contributed by atoms with Crippen molar-refractivity contribution in [3.05, 3.63) is 187 Å². The first-order valence-corrected chi connectivity index (χ1v) is 18.0. The summed E-state index contributed by atoms with van der Waals surface area (Å²) in [6.07, 6.45) is 0. The summed E-state index contributed by atoms with van der Waals surface area (Å²) < 4.78 is 2.24. The largest absolute Gasteiger partial charge is 0.309 e. The molecule has 0 unspecified atom stereocenters. The first-order chi connectivity index (χ1) is 23.7. The van der Waals surface area contributed by atoms with E-state index in [0.717, 1.165) is 33.0 Å². The molecule has 0 bridgehead atoms. The summed E-state index contributed by atoms with van der Waals surface area (Å²) in [5, 5.41) is 28.2. The predicted molar refractivity (Wildman–Crippen MR) is 199 cm³/mol. The van der Waals surface area contributed by atoms with Gasteiger partial charge in [0.2, 0.25) is 0 Å². The van der Waals surface area contributed by atoms with E-state index < -0.39 is 8.07 Å². The molecule has 0 fully saturated rings. The van der Waals surface area contributed by atoms with Crippen LogP contribution in [0.1, 0.15) is 11.1 Å². The Morgan fingerprint density at radius 3 is 1.38 bits per heavy atom. The van der Waals surface area contributed by atoms with E-state index >= 15 is 0 Å². The third kappa shape index (κ3) is 4.55. The highest BCUT2D eigenvalue weighted by molar-refractivity contribution is 7.19.